The van der Waals surface area contributed by atoms with Gasteiger partial charge in [0.2, 0.25) is 0 Å². The molecule has 3 rings (SSSR count). The Balaban J connectivity index is 1.89. The van der Waals surface area contributed by atoms with Gasteiger partial charge >= 0.3 is 0 Å². The smallest absolute Gasteiger partial charge is 0.119 e. The first kappa shape index (κ1) is 10.7. The molecule has 1 aromatic rings. The van der Waals surface area contributed by atoms with E-state index in [0.717, 1.165) is 24.2 Å². The quantitative estimate of drug-likeness (QED) is 0.775. The Hall–Kier alpha value is -1.49. The van der Waals surface area contributed by atoms with Gasteiger partial charge in [0.1, 0.15) is 5.75 Å². The van der Waals surface area contributed by atoms with E-state index >= 15 is 0 Å². The second-order valence-electron chi connectivity index (χ2n) is 5.63. The van der Waals surface area contributed by atoms with E-state index in [-0.39, 0.29) is 5.41 Å². The van der Waals surface area contributed by atoms with E-state index in [1.807, 2.05) is 18.2 Å². The number of rotatable bonds is 2. The van der Waals surface area contributed by atoms with Crippen LogP contribution in [0.15, 0.2) is 24.3 Å². The van der Waals surface area contributed by atoms with Crippen LogP contribution in [0.4, 0.5) is 0 Å². The third-order valence-electron chi connectivity index (χ3n) is 4.60. The van der Waals surface area contributed by atoms with Crippen LogP contribution in [-0.4, -0.2) is 7.11 Å². The molecule has 2 saturated carbocycles. The third kappa shape index (κ3) is 1.45. The largest absolute Gasteiger partial charge is 0.497 e. The zero-order valence-corrected chi connectivity index (χ0v) is 10.2. The van der Waals surface area contributed by atoms with Crippen LogP contribution in [0.3, 0.4) is 0 Å². The van der Waals surface area contributed by atoms with Gasteiger partial charge in [0, 0.05) is 0 Å². The van der Waals surface area contributed by atoms with Crippen molar-refractivity contribution < 1.29 is 4.74 Å². The first-order valence-corrected chi connectivity index (χ1v) is 6.28. The zero-order valence-electron chi connectivity index (χ0n) is 10.2. The number of nitrogens with zero attached hydrogens (tertiary/aromatic N) is 1. The summed E-state index contributed by atoms with van der Waals surface area (Å²) in [6.07, 6.45) is 6.08. The normalized spacial score (nSPS) is 23.3. The summed E-state index contributed by atoms with van der Waals surface area (Å²) in [7, 11) is 1.67. The van der Waals surface area contributed by atoms with Gasteiger partial charge in [0.25, 0.3) is 0 Å². The molecular weight excluding hydrogens is 210 g/mol. The van der Waals surface area contributed by atoms with E-state index in [0.29, 0.717) is 5.41 Å². The van der Waals surface area contributed by atoms with Crippen LogP contribution >= 0.6 is 0 Å². The van der Waals surface area contributed by atoms with Crippen LogP contribution in [0.1, 0.15) is 37.7 Å². The molecule has 0 saturated heterocycles. The van der Waals surface area contributed by atoms with Crippen LogP contribution < -0.4 is 4.74 Å². The number of benzene rings is 1. The van der Waals surface area contributed by atoms with Gasteiger partial charge in [0.15, 0.2) is 0 Å². The zero-order chi connectivity index (χ0) is 11.9. The van der Waals surface area contributed by atoms with Crippen LogP contribution in [0.5, 0.6) is 5.75 Å². The minimum atomic E-state index is -0.241. The molecule has 0 aromatic heterocycles. The standard InChI is InChI=1S/C15H17NO/c1-17-13-5-2-4-12(8-13)15(11-16)9-14(10-15)6-3-7-14/h2,4-5,8H,3,6-7,9-10H2,1H3. The van der Waals surface area contributed by atoms with E-state index in [1.165, 1.54) is 19.3 Å². The lowest BCUT2D eigenvalue weighted by atomic mass is 9.44. The lowest BCUT2D eigenvalue weighted by Gasteiger charge is -2.58. The van der Waals surface area contributed by atoms with E-state index in [2.05, 4.69) is 12.1 Å². The molecule has 2 aliphatic rings. The Morgan fingerprint density at radius 3 is 2.59 bits per heavy atom. The molecule has 2 fully saturated rings. The van der Waals surface area contributed by atoms with E-state index in [4.69, 9.17) is 4.74 Å². The van der Waals surface area contributed by atoms with Crippen molar-refractivity contribution in [1.29, 1.82) is 5.26 Å². The minimum absolute atomic E-state index is 0.241. The minimum Gasteiger partial charge on any atom is -0.497 e. The highest BCUT2D eigenvalue weighted by Gasteiger charge is 2.58. The molecule has 17 heavy (non-hydrogen) atoms. The second kappa shape index (κ2) is 3.50. The fourth-order valence-corrected chi connectivity index (χ4v) is 3.53. The molecule has 0 heterocycles. The summed E-state index contributed by atoms with van der Waals surface area (Å²) < 4.78 is 5.25. The van der Waals surface area contributed by atoms with E-state index in [1.54, 1.807) is 7.11 Å². The third-order valence-corrected chi connectivity index (χ3v) is 4.60. The number of ether oxygens (including phenoxy) is 1. The van der Waals surface area contributed by atoms with Gasteiger partial charge in [-0.2, -0.15) is 5.26 Å². The fourth-order valence-electron chi connectivity index (χ4n) is 3.53. The molecule has 2 heteroatoms. The molecule has 0 amide bonds. The molecule has 0 atom stereocenters. The average molecular weight is 227 g/mol. The second-order valence-corrected chi connectivity index (χ2v) is 5.63. The van der Waals surface area contributed by atoms with Crippen LogP contribution in [-0.2, 0) is 5.41 Å². The topological polar surface area (TPSA) is 33.0 Å². The van der Waals surface area contributed by atoms with Crippen molar-refractivity contribution in [3.05, 3.63) is 29.8 Å². The van der Waals surface area contributed by atoms with E-state index in [9.17, 15) is 5.26 Å². The Morgan fingerprint density at radius 2 is 2.06 bits per heavy atom. The van der Waals surface area contributed by atoms with Gasteiger partial charge in [-0.15, -0.1) is 0 Å². The summed E-state index contributed by atoms with van der Waals surface area (Å²) in [6, 6.07) is 10.6. The Morgan fingerprint density at radius 1 is 1.29 bits per heavy atom. The van der Waals surface area contributed by atoms with Crippen molar-refractivity contribution >= 4 is 0 Å². The predicted octanol–water partition coefficient (Wildman–Crippen LogP) is 3.42. The molecule has 88 valence electrons. The lowest BCUT2D eigenvalue weighted by Crippen LogP contribution is -2.52. The number of nitriles is 1. The van der Waals surface area contributed by atoms with Gasteiger partial charge in [-0.05, 0) is 48.8 Å². The predicted molar refractivity (Wildman–Crippen MR) is 65.8 cm³/mol. The maximum atomic E-state index is 9.51. The van der Waals surface area contributed by atoms with Gasteiger partial charge in [-0.25, -0.2) is 0 Å². The highest BCUT2D eigenvalue weighted by Crippen LogP contribution is 2.64. The van der Waals surface area contributed by atoms with Gasteiger partial charge in [0.05, 0.1) is 18.6 Å². The fraction of sp³-hybridized carbons (Fsp3) is 0.533. The molecule has 0 aliphatic heterocycles. The van der Waals surface area contributed by atoms with Crippen LogP contribution in [0, 0.1) is 16.7 Å². The van der Waals surface area contributed by atoms with Crippen molar-refractivity contribution in [2.75, 3.05) is 7.11 Å². The number of hydrogen-bond acceptors (Lipinski definition) is 2. The summed E-state index contributed by atoms with van der Waals surface area (Å²) in [6.45, 7) is 0. The maximum Gasteiger partial charge on any atom is 0.119 e. The maximum absolute atomic E-state index is 9.51. The van der Waals surface area contributed by atoms with Gasteiger partial charge in [-0.3, -0.25) is 0 Å². The molecule has 0 bridgehead atoms. The monoisotopic (exact) mass is 227 g/mol. The van der Waals surface area contributed by atoms with Crippen LogP contribution in [0.25, 0.3) is 0 Å². The first-order valence-electron chi connectivity index (χ1n) is 6.28. The molecule has 0 N–H and O–H groups in total. The molecular formula is C15H17NO. The van der Waals surface area contributed by atoms with Crippen molar-refractivity contribution in [2.45, 2.75) is 37.5 Å². The van der Waals surface area contributed by atoms with Crippen molar-refractivity contribution in [3.8, 4) is 11.8 Å². The highest BCUT2D eigenvalue weighted by molar-refractivity contribution is 5.42. The summed E-state index contributed by atoms with van der Waals surface area (Å²) in [5.74, 6) is 0.853. The number of hydrogen-bond donors (Lipinski definition) is 0. The van der Waals surface area contributed by atoms with Crippen molar-refractivity contribution in [3.63, 3.8) is 0 Å². The summed E-state index contributed by atoms with van der Waals surface area (Å²) in [5.41, 5.74) is 1.41. The molecule has 2 nitrogen and oxygen atoms in total. The van der Waals surface area contributed by atoms with Crippen molar-refractivity contribution in [2.24, 2.45) is 5.41 Å². The Kier molecular flexibility index (Phi) is 2.19. The molecule has 0 radical (unpaired) electrons. The first-order chi connectivity index (χ1) is 8.22. The summed E-state index contributed by atoms with van der Waals surface area (Å²) in [4.78, 5) is 0. The Bertz CT molecular complexity index is 474. The summed E-state index contributed by atoms with van der Waals surface area (Å²) >= 11 is 0. The van der Waals surface area contributed by atoms with Gasteiger partial charge in [-0.1, -0.05) is 18.6 Å². The van der Waals surface area contributed by atoms with Gasteiger partial charge < -0.3 is 4.74 Å². The highest BCUT2D eigenvalue weighted by atomic mass is 16.5. The molecule has 2 aliphatic carbocycles. The molecule has 1 aromatic carbocycles. The van der Waals surface area contributed by atoms with Crippen molar-refractivity contribution in [1.82, 2.24) is 0 Å². The van der Waals surface area contributed by atoms with Crippen LogP contribution in [0.2, 0.25) is 0 Å². The number of methoxy groups -OCH3 is 1. The average Bonchev–Trinajstić information content (AvgIpc) is 2.27. The molecule has 1 spiro atoms. The Labute approximate surface area is 102 Å². The SMILES string of the molecule is COc1cccc(C2(C#N)CC3(CCC3)C2)c1. The lowest BCUT2D eigenvalue weighted by molar-refractivity contribution is -0.0227. The summed E-state index contributed by atoms with van der Waals surface area (Å²) in [5, 5.41) is 9.51. The van der Waals surface area contributed by atoms with E-state index < -0.39 is 0 Å². The molecule has 0 unspecified atom stereocenters.